The molecule has 2 rings (SSSR count). The second kappa shape index (κ2) is 4.19. The molecule has 0 aromatic carbocycles. The Hall–Kier alpha value is -0.0800. The molecule has 0 amide bonds. The van der Waals surface area contributed by atoms with Crippen molar-refractivity contribution in [3.05, 3.63) is 0 Å². The molecule has 2 nitrogen and oxygen atoms in total. The van der Waals surface area contributed by atoms with Crippen molar-refractivity contribution in [3.8, 4) is 0 Å². The molecule has 82 valence electrons. The first-order chi connectivity index (χ1) is 6.71. The summed E-state index contributed by atoms with van der Waals surface area (Å²) in [6, 6.07) is 0. The number of rotatable bonds is 1. The number of ether oxygens (including phenoxy) is 1. The molecular formula is C12H22O2. The van der Waals surface area contributed by atoms with E-state index in [4.69, 9.17) is 4.74 Å². The summed E-state index contributed by atoms with van der Waals surface area (Å²) in [6.07, 6.45) is 8.50. The molecule has 1 saturated carbocycles. The molecule has 1 saturated heterocycles. The molecule has 14 heavy (non-hydrogen) atoms. The van der Waals surface area contributed by atoms with E-state index in [0.717, 1.165) is 19.4 Å². The normalized spacial score (nSPS) is 38.1. The van der Waals surface area contributed by atoms with Crippen molar-refractivity contribution in [1.29, 1.82) is 0 Å². The van der Waals surface area contributed by atoms with Crippen LogP contribution >= 0.6 is 0 Å². The van der Waals surface area contributed by atoms with E-state index in [-0.39, 0.29) is 6.10 Å². The first-order valence-electron chi connectivity index (χ1n) is 6.00. The Labute approximate surface area is 86.6 Å². The van der Waals surface area contributed by atoms with Crippen LogP contribution in [0, 0.1) is 5.41 Å². The second-order valence-electron chi connectivity index (χ2n) is 5.25. The maximum Gasteiger partial charge on any atom is 0.0653 e. The molecule has 1 aliphatic carbocycles. The highest BCUT2D eigenvalue weighted by Gasteiger charge is 2.38. The molecule has 0 bridgehead atoms. The van der Waals surface area contributed by atoms with Crippen LogP contribution in [0.2, 0.25) is 0 Å². The van der Waals surface area contributed by atoms with Crippen LogP contribution in [0.15, 0.2) is 0 Å². The second-order valence-corrected chi connectivity index (χ2v) is 5.25. The summed E-state index contributed by atoms with van der Waals surface area (Å²) in [6.45, 7) is 3.09. The monoisotopic (exact) mass is 198 g/mol. The van der Waals surface area contributed by atoms with Crippen LogP contribution in [-0.4, -0.2) is 23.9 Å². The summed E-state index contributed by atoms with van der Waals surface area (Å²) in [5, 5.41) is 9.64. The molecule has 2 atom stereocenters. The van der Waals surface area contributed by atoms with Crippen molar-refractivity contribution in [1.82, 2.24) is 0 Å². The lowest BCUT2D eigenvalue weighted by molar-refractivity contribution is -0.110. The lowest BCUT2D eigenvalue weighted by Crippen LogP contribution is -2.42. The molecule has 2 fully saturated rings. The van der Waals surface area contributed by atoms with Gasteiger partial charge in [0.05, 0.1) is 12.2 Å². The smallest absolute Gasteiger partial charge is 0.0653 e. The lowest BCUT2D eigenvalue weighted by atomic mass is 9.70. The van der Waals surface area contributed by atoms with Crippen LogP contribution in [0.3, 0.4) is 0 Å². The Morgan fingerprint density at radius 2 is 1.93 bits per heavy atom. The van der Waals surface area contributed by atoms with Crippen molar-refractivity contribution >= 4 is 0 Å². The molecule has 0 unspecified atom stereocenters. The van der Waals surface area contributed by atoms with Crippen molar-refractivity contribution in [2.45, 2.75) is 64.1 Å². The summed E-state index contributed by atoms with van der Waals surface area (Å²) in [5.74, 6) is 0. The molecule has 1 aliphatic heterocycles. The number of hydrogen-bond acceptors (Lipinski definition) is 2. The summed E-state index contributed by atoms with van der Waals surface area (Å²) in [5.41, 5.74) is 0.347. The standard InChI is InChI=1S/C12H22O2/c1-12(6-3-2-4-7-12)11-9-10(13)5-8-14-11/h10-11,13H,2-9H2,1H3/t10-,11+/m1/s1. The minimum atomic E-state index is -0.118. The zero-order valence-electron chi connectivity index (χ0n) is 9.17. The fraction of sp³-hybridized carbons (Fsp3) is 1.00. The van der Waals surface area contributed by atoms with Gasteiger partial charge in [0.25, 0.3) is 0 Å². The lowest BCUT2D eigenvalue weighted by Gasteiger charge is -2.43. The van der Waals surface area contributed by atoms with Crippen molar-refractivity contribution in [3.63, 3.8) is 0 Å². The molecule has 1 heterocycles. The Bertz CT molecular complexity index is 185. The van der Waals surface area contributed by atoms with E-state index in [2.05, 4.69) is 6.92 Å². The topological polar surface area (TPSA) is 29.5 Å². The Morgan fingerprint density at radius 3 is 2.57 bits per heavy atom. The van der Waals surface area contributed by atoms with Crippen LogP contribution in [0.4, 0.5) is 0 Å². The minimum Gasteiger partial charge on any atom is -0.393 e. The zero-order valence-corrected chi connectivity index (χ0v) is 9.17. The molecular weight excluding hydrogens is 176 g/mol. The maximum absolute atomic E-state index is 9.64. The van der Waals surface area contributed by atoms with Gasteiger partial charge in [-0.25, -0.2) is 0 Å². The van der Waals surface area contributed by atoms with Crippen molar-refractivity contribution in [2.24, 2.45) is 5.41 Å². The SMILES string of the molecule is CC1([C@@H]2C[C@H](O)CCO2)CCCCC1. The minimum absolute atomic E-state index is 0.118. The van der Waals surface area contributed by atoms with Gasteiger partial charge in [-0.3, -0.25) is 0 Å². The third-order valence-corrected chi connectivity index (χ3v) is 4.03. The average molecular weight is 198 g/mol. The highest BCUT2D eigenvalue weighted by molar-refractivity contribution is 4.89. The largest absolute Gasteiger partial charge is 0.393 e. The predicted octanol–water partition coefficient (Wildman–Crippen LogP) is 2.50. The molecule has 0 aromatic heterocycles. The first-order valence-corrected chi connectivity index (χ1v) is 6.00. The van der Waals surface area contributed by atoms with E-state index in [1.165, 1.54) is 32.1 Å². The summed E-state index contributed by atoms with van der Waals surface area (Å²) in [4.78, 5) is 0. The van der Waals surface area contributed by atoms with Crippen molar-refractivity contribution < 1.29 is 9.84 Å². The molecule has 2 heteroatoms. The summed E-state index contributed by atoms with van der Waals surface area (Å²) in [7, 11) is 0. The molecule has 0 radical (unpaired) electrons. The van der Waals surface area contributed by atoms with Gasteiger partial charge in [0.15, 0.2) is 0 Å². The first kappa shape index (κ1) is 10.4. The quantitative estimate of drug-likeness (QED) is 0.701. The third-order valence-electron chi connectivity index (χ3n) is 4.03. The Balaban J connectivity index is 1.97. The van der Waals surface area contributed by atoms with Gasteiger partial charge < -0.3 is 9.84 Å². The van der Waals surface area contributed by atoms with Crippen molar-refractivity contribution in [2.75, 3.05) is 6.61 Å². The third kappa shape index (κ3) is 2.12. The van der Waals surface area contributed by atoms with Gasteiger partial charge in [-0.2, -0.15) is 0 Å². The van der Waals surface area contributed by atoms with Crippen LogP contribution < -0.4 is 0 Å². The fourth-order valence-electron chi connectivity index (χ4n) is 2.95. The van der Waals surface area contributed by atoms with Gasteiger partial charge in [0, 0.05) is 13.0 Å². The highest BCUT2D eigenvalue weighted by Crippen LogP contribution is 2.42. The summed E-state index contributed by atoms with van der Waals surface area (Å²) >= 11 is 0. The predicted molar refractivity (Wildman–Crippen MR) is 56.2 cm³/mol. The maximum atomic E-state index is 9.64. The number of hydrogen-bond donors (Lipinski definition) is 1. The van der Waals surface area contributed by atoms with Crippen LogP contribution in [0.25, 0.3) is 0 Å². The summed E-state index contributed by atoms with van der Waals surface area (Å²) < 4.78 is 5.83. The van der Waals surface area contributed by atoms with E-state index in [1.807, 2.05) is 0 Å². The Morgan fingerprint density at radius 1 is 1.21 bits per heavy atom. The number of aliphatic hydroxyl groups is 1. The molecule has 0 spiro atoms. The molecule has 1 N–H and O–H groups in total. The van der Waals surface area contributed by atoms with Gasteiger partial charge >= 0.3 is 0 Å². The average Bonchev–Trinajstić information content (AvgIpc) is 2.19. The van der Waals surface area contributed by atoms with Crippen LogP contribution in [0.5, 0.6) is 0 Å². The number of aliphatic hydroxyl groups excluding tert-OH is 1. The van der Waals surface area contributed by atoms with E-state index < -0.39 is 0 Å². The van der Waals surface area contributed by atoms with Gasteiger partial charge in [-0.1, -0.05) is 26.2 Å². The van der Waals surface area contributed by atoms with Crippen LogP contribution in [-0.2, 0) is 4.74 Å². The van der Waals surface area contributed by atoms with Gasteiger partial charge in [0.2, 0.25) is 0 Å². The molecule has 0 aromatic rings. The van der Waals surface area contributed by atoms with E-state index in [9.17, 15) is 5.11 Å². The van der Waals surface area contributed by atoms with Gasteiger partial charge in [0.1, 0.15) is 0 Å². The van der Waals surface area contributed by atoms with Crippen LogP contribution in [0.1, 0.15) is 51.9 Å². The molecule has 2 aliphatic rings. The fourth-order valence-corrected chi connectivity index (χ4v) is 2.95. The van der Waals surface area contributed by atoms with E-state index in [0.29, 0.717) is 11.5 Å². The van der Waals surface area contributed by atoms with E-state index in [1.54, 1.807) is 0 Å². The zero-order chi connectivity index (χ0) is 10.0. The van der Waals surface area contributed by atoms with E-state index >= 15 is 0 Å². The van der Waals surface area contributed by atoms with Gasteiger partial charge in [-0.15, -0.1) is 0 Å². The van der Waals surface area contributed by atoms with Gasteiger partial charge in [-0.05, 0) is 24.7 Å². The Kier molecular flexibility index (Phi) is 3.13. The highest BCUT2D eigenvalue weighted by atomic mass is 16.5.